The number of nitro benzene ring substituents is 1. The van der Waals surface area contributed by atoms with Gasteiger partial charge in [-0.15, -0.1) is 0 Å². The summed E-state index contributed by atoms with van der Waals surface area (Å²) in [7, 11) is 0. The Morgan fingerprint density at radius 3 is 2.75 bits per heavy atom. The third kappa shape index (κ3) is 2.60. The van der Waals surface area contributed by atoms with Gasteiger partial charge in [0.1, 0.15) is 0 Å². The van der Waals surface area contributed by atoms with Gasteiger partial charge in [-0.1, -0.05) is 23.7 Å². The molecule has 1 aliphatic carbocycles. The van der Waals surface area contributed by atoms with E-state index in [4.69, 9.17) is 11.6 Å². The van der Waals surface area contributed by atoms with Crippen LogP contribution in [0.1, 0.15) is 11.1 Å². The summed E-state index contributed by atoms with van der Waals surface area (Å²) in [5.41, 5.74) is 3.43. The van der Waals surface area contributed by atoms with Crippen molar-refractivity contribution in [2.75, 3.05) is 5.32 Å². The molecule has 1 unspecified atom stereocenters. The molecule has 2 aromatic rings. The Balaban J connectivity index is 1.74. The van der Waals surface area contributed by atoms with Crippen LogP contribution in [0, 0.1) is 10.1 Å². The summed E-state index contributed by atoms with van der Waals surface area (Å²) in [5.74, 6) is 0. The molecule has 0 aliphatic heterocycles. The van der Waals surface area contributed by atoms with Crippen molar-refractivity contribution in [3.8, 4) is 0 Å². The molecule has 2 aromatic carbocycles. The molecule has 0 saturated carbocycles. The van der Waals surface area contributed by atoms with Crippen LogP contribution in [0.5, 0.6) is 0 Å². The van der Waals surface area contributed by atoms with Crippen molar-refractivity contribution >= 4 is 23.0 Å². The summed E-state index contributed by atoms with van der Waals surface area (Å²) in [6.45, 7) is 0. The molecule has 0 aromatic heterocycles. The number of nitrogens with zero attached hydrogens (tertiary/aromatic N) is 1. The highest BCUT2D eigenvalue weighted by Gasteiger charge is 2.21. The highest BCUT2D eigenvalue weighted by atomic mass is 35.5. The van der Waals surface area contributed by atoms with Crippen molar-refractivity contribution < 1.29 is 4.92 Å². The average molecular weight is 289 g/mol. The predicted molar refractivity (Wildman–Crippen MR) is 79.4 cm³/mol. The fourth-order valence-electron chi connectivity index (χ4n) is 2.63. The minimum atomic E-state index is -0.381. The van der Waals surface area contributed by atoms with Gasteiger partial charge >= 0.3 is 0 Å². The van der Waals surface area contributed by atoms with Gasteiger partial charge in [0.05, 0.1) is 4.92 Å². The summed E-state index contributed by atoms with van der Waals surface area (Å²) >= 11 is 5.99. The predicted octanol–water partition coefficient (Wildman–Crippen LogP) is 3.83. The van der Waals surface area contributed by atoms with E-state index in [1.165, 1.54) is 17.2 Å². The standard InChI is InChI=1S/C15H13ClN2O2/c16-12-5-4-10-7-14(8-11(10)6-12)17-13-2-1-3-15(9-13)18(19)20/h1-6,9,14,17H,7-8H2. The fourth-order valence-corrected chi connectivity index (χ4v) is 2.83. The first-order valence-electron chi connectivity index (χ1n) is 6.40. The molecule has 0 bridgehead atoms. The Morgan fingerprint density at radius 1 is 1.15 bits per heavy atom. The zero-order chi connectivity index (χ0) is 14.1. The molecule has 5 heteroatoms. The lowest BCUT2D eigenvalue weighted by atomic mass is 10.1. The van der Waals surface area contributed by atoms with E-state index >= 15 is 0 Å². The van der Waals surface area contributed by atoms with Crippen LogP contribution in [0.25, 0.3) is 0 Å². The first kappa shape index (κ1) is 12.9. The fraction of sp³-hybridized carbons (Fsp3) is 0.200. The molecule has 1 atom stereocenters. The van der Waals surface area contributed by atoms with Gasteiger partial charge in [-0.2, -0.15) is 0 Å². The molecule has 1 aliphatic rings. The van der Waals surface area contributed by atoms with Crippen LogP contribution in [0.2, 0.25) is 5.02 Å². The molecular weight excluding hydrogens is 276 g/mol. The third-order valence-corrected chi connectivity index (χ3v) is 3.76. The monoisotopic (exact) mass is 288 g/mol. The Labute approximate surface area is 121 Å². The van der Waals surface area contributed by atoms with E-state index in [2.05, 4.69) is 5.32 Å². The van der Waals surface area contributed by atoms with Crippen molar-refractivity contribution in [2.24, 2.45) is 0 Å². The lowest BCUT2D eigenvalue weighted by molar-refractivity contribution is -0.384. The summed E-state index contributed by atoms with van der Waals surface area (Å²) in [4.78, 5) is 10.4. The molecule has 0 fully saturated rings. The van der Waals surface area contributed by atoms with E-state index in [-0.39, 0.29) is 16.7 Å². The second-order valence-corrected chi connectivity index (χ2v) is 5.41. The van der Waals surface area contributed by atoms with Gasteiger partial charge in [-0.3, -0.25) is 10.1 Å². The molecule has 4 nitrogen and oxygen atoms in total. The molecule has 0 spiro atoms. The lowest BCUT2D eigenvalue weighted by Gasteiger charge is -2.13. The number of nitro groups is 1. The Hall–Kier alpha value is -2.07. The maximum atomic E-state index is 10.8. The zero-order valence-electron chi connectivity index (χ0n) is 10.7. The largest absolute Gasteiger partial charge is 0.381 e. The van der Waals surface area contributed by atoms with Gasteiger partial charge in [0.15, 0.2) is 0 Å². The van der Waals surface area contributed by atoms with Crippen LogP contribution in [-0.2, 0) is 12.8 Å². The molecule has 0 saturated heterocycles. The first-order valence-corrected chi connectivity index (χ1v) is 6.78. The van der Waals surface area contributed by atoms with E-state index in [9.17, 15) is 10.1 Å². The summed E-state index contributed by atoms with van der Waals surface area (Å²) in [5, 5.41) is 14.9. The van der Waals surface area contributed by atoms with Crippen molar-refractivity contribution in [3.05, 3.63) is 68.7 Å². The van der Waals surface area contributed by atoms with Gasteiger partial charge in [-0.25, -0.2) is 0 Å². The molecule has 20 heavy (non-hydrogen) atoms. The number of nitrogens with one attached hydrogen (secondary N) is 1. The maximum absolute atomic E-state index is 10.8. The number of benzene rings is 2. The molecule has 0 heterocycles. The Morgan fingerprint density at radius 2 is 1.95 bits per heavy atom. The normalized spacial score (nSPS) is 16.8. The molecule has 1 N–H and O–H groups in total. The number of hydrogen-bond donors (Lipinski definition) is 1. The van der Waals surface area contributed by atoms with Crippen LogP contribution in [0.3, 0.4) is 0 Å². The van der Waals surface area contributed by atoms with Crippen LogP contribution in [-0.4, -0.2) is 11.0 Å². The summed E-state index contributed by atoms with van der Waals surface area (Å²) in [6.07, 6.45) is 1.80. The van der Waals surface area contributed by atoms with Crippen molar-refractivity contribution in [1.82, 2.24) is 0 Å². The van der Waals surface area contributed by atoms with E-state index < -0.39 is 0 Å². The zero-order valence-corrected chi connectivity index (χ0v) is 11.4. The molecule has 3 rings (SSSR count). The highest BCUT2D eigenvalue weighted by Crippen LogP contribution is 2.28. The van der Waals surface area contributed by atoms with Gasteiger partial charge in [0.2, 0.25) is 0 Å². The quantitative estimate of drug-likeness (QED) is 0.690. The number of hydrogen-bond acceptors (Lipinski definition) is 3. The highest BCUT2D eigenvalue weighted by molar-refractivity contribution is 6.30. The number of halogens is 1. The number of anilines is 1. The number of fused-ring (bicyclic) bond motifs is 1. The molecule has 102 valence electrons. The average Bonchev–Trinajstić information content (AvgIpc) is 2.80. The second kappa shape index (κ2) is 5.13. The smallest absolute Gasteiger partial charge is 0.271 e. The van der Waals surface area contributed by atoms with Crippen LogP contribution in [0.15, 0.2) is 42.5 Å². The first-order chi connectivity index (χ1) is 9.61. The van der Waals surface area contributed by atoms with Gasteiger partial charge in [0, 0.05) is 28.9 Å². The Bertz CT molecular complexity index is 673. The van der Waals surface area contributed by atoms with Crippen LogP contribution >= 0.6 is 11.6 Å². The minimum absolute atomic E-state index is 0.105. The third-order valence-electron chi connectivity index (χ3n) is 3.53. The van der Waals surface area contributed by atoms with E-state index in [0.717, 1.165) is 23.6 Å². The second-order valence-electron chi connectivity index (χ2n) is 4.97. The van der Waals surface area contributed by atoms with Gasteiger partial charge < -0.3 is 5.32 Å². The van der Waals surface area contributed by atoms with E-state index in [1.54, 1.807) is 12.1 Å². The topological polar surface area (TPSA) is 55.2 Å². The van der Waals surface area contributed by atoms with Crippen molar-refractivity contribution in [1.29, 1.82) is 0 Å². The summed E-state index contributed by atoms with van der Waals surface area (Å²) < 4.78 is 0. The van der Waals surface area contributed by atoms with Gasteiger partial charge in [0.25, 0.3) is 5.69 Å². The van der Waals surface area contributed by atoms with E-state index in [0.29, 0.717) is 0 Å². The van der Waals surface area contributed by atoms with Crippen molar-refractivity contribution in [2.45, 2.75) is 18.9 Å². The Kier molecular flexibility index (Phi) is 3.32. The van der Waals surface area contributed by atoms with Gasteiger partial charge in [-0.05, 0) is 42.2 Å². The number of non-ortho nitro benzene ring substituents is 1. The van der Waals surface area contributed by atoms with Crippen LogP contribution < -0.4 is 5.32 Å². The SMILES string of the molecule is O=[N+]([O-])c1cccc(NC2Cc3ccc(Cl)cc3C2)c1. The molecule has 0 amide bonds. The molecular formula is C15H13ClN2O2. The number of rotatable bonds is 3. The van der Waals surface area contributed by atoms with Crippen molar-refractivity contribution in [3.63, 3.8) is 0 Å². The van der Waals surface area contributed by atoms with E-state index in [1.807, 2.05) is 24.3 Å². The summed E-state index contributed by atoms with van der Waals surface area (Å²) in [6, 6.07) is 12.8. The van der Waals surface area contributed by atoms with Crippen LogP contribution in [0.4, 0.5) is 11.4 Å². The maximum Gasteiger partial charge on any atom is 0.271 e. The molecule has 0 radical (unpaired) electrons. The lowest BCUT2D eigenvalue weighted by Crippen LogP contribution is -2.19. The minimum Gasteiger partial charge on any atom is -0.381 e.